The molecule has 0 unspecified atom stereocenters. The fourth-order valence-electron chi connectivity index (χ4n) is 2.06. The van der Waals surface area contributed by atoms with Gasteiger partial charge in [0, 0.05) is 18.0 Å². The number of hydrogen-bond acceptors (Lipinski definition) is 4. The van der Waals surface area contributed by atoms with Gasteiger partial charge in [0.2, 0.25) is 0 Å². The summed E-state index contributed by atoms with van der Waals surface area (Å²) in [4.78, 5) is 3.92. The second kappa shape index (κ2) is 5.06. The van der Waals surface area contributed by atoms with E-state index in [0.29, 0.717) is 16.9 Å². The normalized spacial score (nSPS) is 10.3. The molecule has 1 aromatic carbocycles. The highest BCUT2D eigenvalue weighted by molar-refractivity contribution is 5.73. The molecule has 6 heteroatoms. The van der Waals surface area contributed by atoms with Crippen LogP contribution in [0, 0.1) is 17.1 Å². The zero-order chi connectivity index (χ0) is 14.8. The second-order valence-corrected chi connectivity index (χ2v) is 4.35. The molecule has 3 rings (SSSR count). The van der Waals surface area contributed by atoms with Gasteiger partial charge in [-0.2, -0.15) is 10.4 Å². The summed E-state index contributed by atoms with van der Waals surface area (Å²) in [6.07, 6.45) is 3.20. The number of halogens is 1. The van der Waals surface area contributed by atoms with Crippen LogP contribution in [0.5, 0.6) is 0 Å². The van der Waals surface area contributed by atoms with Crippen LogP contribution in [0.2, 0.25) is 0 Å². The van der Waals surface area contributed by atoms with Gasteiger partial charge >= 0.3 is 0 Å². The maximum atomic E-state index is 13.4. The number of benzene rings is 1. The van der Waals surface area contributed by atoms with Gasteiger partial charge in [0.15, 0.2) is 0 Å². The summed E-state index contributed by atoms with van der Waals surface area (Å²) in [5.41, 5.74) is 7.75. The molecule has 0 saturated carbocycles. The molecule has 3 aromatic rings. The summed E-state index contributed by atoms with van der Waals surface area (Å²) in [6, 6.07) is 11.4. The van der Waals surface area contributed by atoms with Gasteiger partial charge in [-0.3, -0.25) is 4.98 Å². The number of rotatable bonds is 2. The molecular formula is C15H10FN5. The fourth-order valence-corrected chi connectivity index (χ4v) is 2.06. The third-order valence-electron chi connectivity index (χ3n) is 3.04. The average molecular weight is 279 g/mol. The molecule has 0 spiro atoms. The molecule has 102 valence electrons. The first-order chi connectivity index (χ1) is 10.2. The zero-order valence-electron chi connectivity index (χ0n) is 10.9. The Morgan fingerprint density at radius 1 is 1.19 bits per heavy atom. The molecule has 2 heterocycles. The topological polar surface area (TPSA) is 80.5 Å². The van der Waals surface area contributed by atoms with Crippen LogP contribution < -0.4 is 5.73 Å². The van der Waals surface area contributed by atoms with Crippen LogP contribution in [-0.2, 0) is 0 Å². The monoisotopic (exact) mass is 279 g/mol. The van der Waals surface area contributed by atoms with Crippen molar-refractivity contribution >= 4 is 5.82 Å². The van der Waals surface area contributed by atoms with Crippen molar-refractivity contribution in [2.75, 3.05) is 5.73 Å². The van der Waals surface area contributed by atoms with Crippen molar-refractivity contribution < 1.29 is 4.39 Å². The Balaban J connectivity index is 2.22. The standard InChI is InChI=1S/C15H10FN5/c16-11-3-1-2-10(8-11)14-13(9-17)15(18)21(20-14)12-4-6-19-7-5-12/h1-8H,18H2. The largest absolute Gasteiger partial charge is 0.382 e. The minimum atomic E-state index is -0.395. The molecule has 0 fully saturated rings. The van der Waals surface area contributed by atoms with Crippen LogP contribution in [0.3, 0.4) is 0 Å². The van der Waals surface area contributed by atoms with Crippen molar-refractivity contribution in [1.82, 2.24) is 14.8 Å². The van der Waals surface area contributed by atoms with Crippen LogP contribution in [0.15, 0.2) is 48.8 Å². The van der Waals surface area contributed by atoms with E-state index in [0.717, 1.165) is 0 Å². The van der Waals surface area contributed by atoms with Crippen molar-refractivity contribution in [1.29, 1.82) is 5.26 Å². The molecule has 0 aliphatic heterocycles. The SMILES string of the molecule is N#Cc1c(-c2cccc(F)c2)nn(-c2ccncc2)c1N. The van der Waals surface area contributed by atoms with E-state index in [1.165, 1.54) is 16.8 Å². The molecule has 0 radical (unpaired) electrons. The molecular weight excluding hydrogens is 269 g/mol. The van der Waals surface area contributed by atoms with Gasteiger partial charge in [-0.05, 0) is 24.3 Å². The van der Waals surface area contributed by atoms with Crippen LogP contribution in [-0.4, -0.2) is 14.8 Å². The highest BCUT2D eigenvalue weighted by Crippen LogP contribution is 2.28. The molecule has 0 bridgehead atoms. The summed E-state index contributed by atoms with van der Waals surface area (Å²) < 4.78 is 14.8. The van der Waals surface area contributed by atoms with E-state index in [9.17, 15) is 9.65 Å². The molecule has 21 heavy (non-hydrogen) atoms. The lowest BCUT2D eigenvalue weighted by Gasteiger charge is -2.02. The van der Waals surface area contributed by atoms with E-state index < -0.39 is 5.82 Å². The Bertz CT molecular complexity index is 833. The predicted molar refractivity (Wildman–Crippen MR) is 75.9 cm³/mol. The lowest BCUT2D eigenvalue weighted by molar-refractivity contribution is 0.628. The molecule has 0 aliphatic rings. The average Bonchev–Trinajstić information content (AvgIpc) is 2.85. The maximum Gasteiger partial charge on any atom is 0.145 e. The first-order valence-corrected chi connectivity index (χ1v) is 6.15. The van der Waals surface area contributed by atoms with Crippen LogP contribution in [0.4, 0.5) is 10.2 Å². The first-order valence-electron chi connectivity index (χ1n) is 6.15. The van der Waals surface area contributed by atoms with E-state index in [1.807, 2.05) is 6.07 Å². The van der Waals surface area contributed by atoms with Crippen molar-refractivity contribution in [3.05, 3.63) is 60.2 Å². The maximum absolute atomic E-state index is 13.4. The number of aromatic nitrogens is 3. The first kappa shape index (κ1) is 12.8. The van der Waals surface area contributed by atoms with Gasteiger partial charge in [0.25, 0.3) is 0 Å². The minimum absolute atomic E-state index is 0.211. The minimum Gasteiger partial charge on any atom is -0.382 e. The molecule has 2 N–H and O–H groups in total. The molecule has 0 aliphatic carbocycles. The van der Waals surface area contributed by atoms with Crippen LogP contribution in [0.1, 0.15) is 5.56 Å². The van der Waals surface area contributed by atoms with Gasteiger partial charge in [0.1, 0.15) is 29.0 Å². The number of pyridine rings is 1. The summed E-state index contributed by atoms with van der Waals surface area (Å²) in [6.45, 7) is 0. The van der Waals surface area contributed by atoms with Gasteiger partial charge in [0.05, 0.1) is 5.69 Å². The van der Waals surface area contributed by atoms with Gasteiger partial charge in [-0.1, -0.05) is 12.1 Å². The molecule has 0 saturated heterocycles. The summed E-state index contributed by atoms with van der Waals surface area (Å²) in [5.74, 6) is -0.184. The Labute approximate surface area is 120 Å². The van der Waals surface area contributed by atoms with E-state index in [1.54, 1.807) is 36.7 Å². The van der Waals surface area contributed by atoms with Crippen molar-refractivity contribution in [3.8, 4) is 23.0 Å². The number of anilines is 1. The number of nitrogens with two attached hydrogens (primary N) is 1. The van der Waals surface area contributed by atoms with Gasteiger partial charge in [-0.25, -0.2) is 9.07 Å². The van der Waals surface area contributed by atoms with Gasteiger partial charge < -0.3 is 5.73 Å². The Hall–Kier alpha value is -3.20. The lowest BCUT2D eigenvalue weighted by atomic mass is 10.1. The molecule has 0 atom stereocenters. The van der Waals surface area contributed by atoms with Crippen LogP contribution in [0.25, 0.3) is 16.9 Å². The molecule has 0 amide bonds. The highest BCUT2D eigenvalue weighted by Gasteiger charge is 2.18. The predicted octanol–water partition coefficient (Wildman–Crippen LogP) is 2.53. The summed E-state index contributed by atoms with van der Waals surface area (Å²) >= 11 is 0. The van der Waals surface area contributed by atoms with E-state index in [4.69, 9.17) is 5.73 Å². The highest BCUT2D eigenvalue weighted by atomic mass is 19.1. The lowest BCUT2D eigenvalue weighted by Crippen LogP contribution is -2.02. The molecule has 2 aromatic heterocycles. The third kappa shape index (κ3) is 2.21. The smallest absolute Gasteiger partial charge is 0.145 e. The number of nitrogens with zero attached hydrogens (tertiary/aromatic N) is 4. The Kier molecular flexibility index (Phi) is 3.09. The van der Waals surface area contributed by atoms with Crippen molar-refractivity contribution in [3.63, 3.8) is 0 Å². The van der Waals surface area contributed by atoms with Crippen molar-refractivity contribution in [2.24, 2.45) is 0 Å². The van der Waals surface area contributed by atoms with E-state index >= 15 is 0 Å². The number of nitrogen functional groups attached to an aromatic ring is 1. The van der Waals surface area contributed by atoms with Crippen LogP contribution >= 0.6 is 0 Å². The zero-order valence-corrected chi connectivity index (χ0v) is 10.9. The summed E-state index contributed by atoms with van der Waals surface area (Å²) in [7, 11) is 0. The number of hydrogen-bond donors (Lipinski definition) is 1. The number of nitriles is 1. The van der Waals surface area contributed by atoms with E-state index in [-0.39, 0.29) is 11.4 Å². The Morgan fingerprint density at radius 2 is 1.95 bits per heavy atom. The quantitative estimate of drug-likeness (QED) is 0.781. The molecule has 5 nitrogen and oxygen atoms in total. The van der Waals surface area contributed by atoms with E-state index in [2.05, 4.69) is 10.1 Å². The summed E-state index contributed by atoms with van der Waals surface area (Å²) in [5, 5.41) is 13.6. The Morgan fingerprint density at radius 3 is 2.62 bits per heavy atom. The second-order valence-electron chi connectivity index (χ2n) is 4.35. The van der Waals surface area contributed by atoms with Crippen molar-refractivity contribution in [2.45, 2.75) is 0 Å². The van der Waals surface area contributed by atoms with Gasteiger partial charge in [-0.15, -0.1) is 0 Å². The fraction of sp³-hybridized carbons (Fsp3) is 0. The third-order valence-corrected chi connectivity index (χ3v) is 3.04.